The molecule has 0 N–H and O–H groups in total. The molecule has 0 aromatic carbocycles. The molecule has 15 aliphatic carbocycles. The summed E-state index contributed by atoms with van der Waals surface area (Å²) in [5.41, 5.74) is -2.55. The molecule has 0 amide bonds. The van der Waals surface area contributed by atoms with Crippen molar-refractivity contribution in [3.63, 3.8) is 0 Å². The minimum Gasteiger partial charge on any atom is -0.459 e. The van der Waals surface area contributed by atoms with E-state index in [0.29, 0.717) is 23.7 Å². The number of carbonyl (C=O) groups is 5. The van der Waals surface area contributed by atoms with Crippen LogP contribution >= 0.6 is 0 Å². The molecule has 10 heteroatoms. The van der Waals surface area contributed by atoms with E-state index in [1.165, 1.54) is 148 Å². The second-order valence-corrected chi connectivity index (χ2v) is 41.7. The minimum absolute atomic E-state index is 0.00345. The van der Waals surface area contributed by atoms with Gasteiger partial charge in [0.05, 0.1) is 27.1 Å². The summed E-state index contributed by atoms with van der Waals surface area (Å²) in [5.74, 6) is 17.1. The molecule has 10 nitrogen and oxygen atoms in total. The van der Waals surface area contributed by atoms with Gasteiger partial charge in [-0.25, -0.2) is 0 Å². The molecular weight excluding hydrogens is 1240 g/mol. The SMILES string of the molecule is CCC(C)(C)C(=O)OC1(C)CC2CC1C1C3CCC(C3)C21.CCC(C)(C)C(=O)OC1(C)CC2CC1C1CCCC21.CCC(C)(C)C(=O)OC1(C)CCC2CCCCC2C1.CCC(C)(C)C(=O)OC1(C)CCCC2CCCCC21.CCC(C)(C)C(=O)OC1(CC)CC2CC1C1C3CCC(C3)C21. The predicted octanol–water partition coefficient (Wildman–Crippen LogP) is 22.9. The summed E-state index contributed by atoms with van der Waals surface area (Å²) in [6, 6.07) is 0. The third-order valence-electron chi connectivity index (χ3n) is 33.9. The van der Waals surface area contributed by atoms with Crippen LogP contribution in [0.1, 0.15) is 363 Å². The Balaban J connectivity index is 0.000000126. The van der Waals surface area contributed by atoms with Crippen molar-refractivity contribution in [1.82, 2.24) is 0 Å². The first-order chi connectivity index (χ1) is 46.9. The monoisotopic (exact) mass is 1390 g/mol. The quantitative estimate of drug-likeness (QED) is 0.0836. The highest BCUT2D eigenvalue weighted by Gasteiger charge is 2.70. The molecule has 15 aliphatic rings. The molecule has 15 saturated carbocycles. The van der Waals surface area contributed by atoms with Crippen LogP contribution in [0.4, 0.5) is 0 Å². The predicted molar refractivity (Wildman–Crippen MR) is 401 cm³/mol. The van der Waals surface area contributed by atoms with Crippen LogP contribution in [-0.2, 0) is 47.7 Å². The third-order valence-corrected chi connectivity index (χ3v) is 33.9. The Morgan fingerprint density at radius 1 is 0.300 bits per heavy atom. The molecule has 0 spiro atoms. The van der Waals surface area contributed by atoms with Crippen LogP contribution in [0.2, 0.25) is 0 Å². The lowest BCUT2D eigenvalue weighted by atomic mass is 9.63. The van der Waals surface area contributed by atoms with Crippen molar-refractivity contribution in [3.05, 3.63) is 0 Å². The highest BCUT2D eigenvalue weighted by atomic mass is 16.6. The highest BCUT2D eigenvalue weighted by Crippen LogP contribution is 2.73. The van der Waals surface area contributed by atoms with Gasteiger partial charge in [0.25, 0.3) is 0 Å². The van der Waals surface area contributed by atoms with Crippen molar-refractivity contribution in [1.29, 1.82) is 0 Å². The van der Waals surface area contributed by atoms with Crippen molar-refractivity contribution in [2.24, 2.45) is 145 Å². The largest absolute Gasteiger partial charge is 0.459 e. The standard InChI is InChI=1S/C20H32O2.C19H30O2.C17H28O2.2C17H30O2/c1-5-19(3,4)18(21)22-20(6-2)11-14-10-15(20)17-13-8-7-12(9-13)16(14)17;1-5-18(2,3)17(20)21-19(4)10-13-9-14(19)16-12-7-6-11(8-12)15(13)16;1-5-16(2,3)15(18)19-17(4)10-11-9-14(17)13-8-6-7-12(11)13;1-5-16(2,3)15(18)19-17(4)12-8-10-13-9-6-7-11-14(13)17;1-5-16(2,3)15(18)19-17(4)11-10-13-8-6-7-9-14(13)12-17/h12-17H,5-11H2,1-4H3;11-16H,5-10H2,1-4H3;11-14H,5-10H2,1-4H3;2*13-14H,5-12H2,1-4H3. The molecule has 25 unspecified atom stereocenters. The Bertz CT molecular complexity index is 2880. The number of esters is 5. The van der Waals surface area contributed by atoms with Gasteiger partial charge in [-0.15, -0.1) is 0 Å². The Morgan fingerprint density at radius 3 is 1.23 bits per heavy atom. The Kier molecular flexibility index (Phi) is 23.1. The molecule has 15 rings (SSSR count). The first-order valence-corrected chi connectivity index (χ1v) is 43.1. The lowest BCUT2D eigenvalue weighted by Gasteiger charge is -2.48. The maximum atomic E-state index is 12.7. The topological polar surface area (TPSA) is 132 Å². The van der Waals surface area contributed by atoms with Crippen molar-refractivity contribution in [2.45, 2.75) is 391 Å². The van der Waals surface area contributed by atoms with Crippen molar-refractivity contribution >= 4 is 29.8 Å². The smallest absolute Gasteiger partial charge is 0.312 e. The lowest BCUT2D eigenvalue weighted by molar-refractivity contribution is -0.185. The number of carbonyl (C=O) groups excluding carboxylic acids is 5. The van der Waals surface area contributed by atoms with Crippen LogP contribution in [0.3, 0.4) is 0 Å². The van der Waals surface area contributed by atoms with Gasteiger partial charge in [-0.2, -0.15) is 0 Å². The maximum absolute atomic E-state index is 12.7. The first kappa shape index (κ1) is 78.4. The molecule has 10 bridgehead atoms. The number of ether oxygens (including phenoxy) is 5. The number of fused-ring (bicyclic) bond motifs is 25. The van der Waals surface area contributed by atoms with Gasteiger partial charge in [-0.1, -0.05) is 92.9 Å². The molecule has 0 saturated heterocycles. The van der Waals surface area contributed by atoms with Gasteiger partial charge < -0.3 is 23.7 Å². The second-order valence-electron chi connectivity index (χ2n) is 41.7. The fourth-order valence-corrected chi connectivity index (χ4v) is 25.8. The average molecular weight is 1390 g/mol. The zero-order valence-electron chi connectivity index (χ0n) is 67.9. The van der Waals surface area contributed by atoms with E-state index in [2.05, 4.69) is 69.2 Å². The molecule has 0 aromatic rings. The summed E-state index contributed by atoms with van der Waals surface area (Å²) in [4.78, 5) is 62.4. The van der Waals surface area contributed by atoms with E-state index in [9.17, 15) is 24.0 Å². The van der Waals surface area contributed by atoms with E-state index < -0.39 is 0 Å². The van der Waals surface area contributed by atoms with E-state index in [0.717, 1.165) is 172 Å². The molecule has 0 aromatic heterocycles. The van der Waals surface area contributed by atoms with Gasteiger partial charge in [0.2, 0.25) is 0 Å². The van der Waals surface area contributed by atoms with Gasteiger partial charge in [0.1, 0.15) is 28.0 Å². The summed E-state index contributed by atoms with van der Waals surface area (Å²) >= 11 is 0. The zero-order valence-corrected chi connectivity index (χ0v) is 67.9. The first-order valence-electron chi connectivity index (χ1n) is 43.1. The molecule has 15 fully saturated rings. The van der Waals surface area contributed by atoms with Crippen LogP contribution in [0, 0.1) is 145 Å². The number of rotatable bonds is 16. The molecule has 0 radical (unpaired) electrons. The molecule has 0 aliphatic heterocycles. The van der Waals surface area contributed by atoms with E-state index in [1.54, 1.807) is 0 Å². The fourth-order valence-electron chi connectivity index (χ4n) is 25.8. The fraction of sp³-hybridized carbons (Fsp3) is 0.944. The van der Waals surface area contributed by atoms with Crippen LogP contribution in [0.15, 0.2) is 0 Å². The number of hydrogen-bond donors (Lipinski definition) is 0. The van der Waals surface area contributed by atoms with Crippen LogP contribution < -0.4 is 0 Å². The molecule has 0 heterocycles. The van der Waals surface area contributed by atoms with Crippen molar-refractivity contribution < 1.29 is 47.7 Å². The normalized spacial score (nSPS) is 43.3. The molecule has 25 atom stereocenters. The van der Waals surface area contributed by atoms with Crippen LogP contribution in [0.5, 0.6) is 0 Å². The molecular formula is C90H150O10. The van der Waals surface area contributed by atoms with E-state index in [-0.39, 0.29) is 84.9 Å². The second kappa shape index (κ2) is 29.5. The van der Waals surface area contributed by atoms with E-state index in [4.69, 9.17) is 23.7 Å². The van der Waals surface area contributed by atoms with Gasteiger partial charge >= 0.3 is 29.8 Å². The van der Waals surface area contributed by atoms with Crippen molar-refractivity contribution in [2.75, 3.05) is 0 Å². The Hall–Kier alpha value is -2.65. The third kappa shape index (κ3) is 15.1. The van der Waals surface area contributed by atoms with Gasteiger partial charge in [0.15, 0.2) is 0 Å². The average Bonchev–Trinajstić information content (AvgIpc) is 1.52. The maximum Gasteiger partial charge on any atom is 0.312 e. The van der Waals surface area contributed by atoms with Crippen LogP contribution in [0.25, 0.3) is 0 Å². The Labute approximate surface area is 611 Å². The summed E-state index contributed by atoms with van der Waals surface area (Å²) in [5, 5.41) is 0. The summed E-state index contributed by atoms with van der Waals surface area (Å²) < 4.78 is 30.5. The number of hydrogen-bond acceptors (Lipinski definition) is 10. The van der Waals surface area contributed by atoms with Crippen molar-refractivity contribution in [3.8, 4) is 0 Å². The highest BCUT2D eigenvalue weighted by molar-refractivity contribution is 5.78. The van der Waals surface area contributed by atoms with E-state index in [1.807, 2.05) is 69.2 Å². The zero-order chi connectivity index (χ0) is 72.7. The minimum atomic E-state index is -0.343. The lowest BCUT2D eigenvalue weighted by Crippen LogP contribution is -2.49. The van der Waals surface area contributed by atoms with Gasteiger partial charge in [-0.3, -0.25) is 24.0 Å². The van der Waals surface area contributed by atoms with E-state index >= 15 is 0 Å². The van der Waals surface area contributed by atoms with Gasteiger partial charge in [0, 0.05) is 23.7 Å². The summed E-state index contributed by atoms with van der Waals surface area (Å²) in [6.07, 6.45) is 43.5. The molecule has 100 heavy (non-hydrogen) atoms. The van der Waals surface area contributed by atoms with Gasteiger partial charge in [-0.05, 0) is 365 Å². The molecule has 570 valence electrons. The summed E-state index contributed by atoms with van der Waals surface area (Å²) in [7, 11) is 0. The Morgan fingerprint density at radius 2 is 0.700 bits per heavy atom. The summed E-state index contributed by atoms with van der Waals surface area (Å²) in [6.45, 7) is 41.5. The van der Waals surface area contributed by atoms with Crippen LogP contribution in [-0.4, -0.2) is 57.9 Å².